The van der Waals surface area contributed by atoms with Crippen LogP contribution in [0.5, 0.6) is 5.75 Å². The van der Waals surface area contributed by atoms with Gasteiger partial charge in [-0.3, -0.25) is 9.69 Å². The summed E-state index contributed by atoms with van der Waals surface area (Å²) in [4.78, 5) is 69.8. The first-order chi connectivity index (χ1) is 22.3. The highest BCUT2D eigenvalue weighted by Gasteiger charge is 2.61. The molecular weight excluding hydrogens is 734 g/mol. The molecule has 0 radical (unpaired) electrons. The summed E-state index contributed by atoms with van der Waals surface area (Å²) in [7, 11) is 6.16. The number of carbonyl (C=O) groups excluding carboxylic acids is 5. The number of benzene rings is 2. The highest BCUT2D eigenvalue weighted by atomic mass is 79.9. The van der Waals surface area contributed by atoms with Gasteiger partial charge < -0.3 is 23.7 Å². The van der Waals surface area contributed by atoms with E-state index in [4.69, 9.17) is 23.7 Å². The van der Waals surface area contributed by atoms with Gasteiger partial charge in [-0.15, -0.1) is 0 Å². The molecule has 0 saturated carbocycles. The van der Waals surface area contributed by atoms with Crippen LogP contribution in [0.15, 0.2) is 72.1 Å². The summed E-state index contributed by atoms with van der Waals surface area (Å²) >= 11 is 6.10. The lowest BCUT2D eigenvalue weighted by molar-refractivity contribution is -0.138. The van der Waals surface area contributed by atoms with E-state index < -0.39 is 33.5 Å². The number of nitrogens with zero attached hydrogens (tertiary/aromatic N) is 1. The van der Waals surface area contributed by atoms with Crippen LogP contribution in [0.2, 0.25) is 0 Å². The minimum absolute atomic E-state index is 0.130. The van der Waals surface area contributed by atoms with E-state index >= 15 is 0 Å². The Morgan fingerprint density at radius 3 is 1.77 bits per heavy atom. The second-order valence-electron chi connectivity index (χ2n) is 10.5. The predicted octanol–water partition coefficient (Wildman–Crippen LogP) is 5.69. The third kappa shape index (κ3) is 5.56. The third-order valence-electron chi connectivity index (χ3n) is 7.64. The maximum absolute atomic E-state index is 14.4. The number of hydrogen-bond acceptors (Lipinski definition) is 13. The zero-order valence-electron chi connectivity index (χ0n) is 26.2. The summed E-state index contributed by atoms with van der Waals surface area (Å²) in [6, 6.07) is 12.0. The number of anilines is 1. The monoisotopic (exact) mass is 761 g/mol. The Bertz CT molecular complexity index is 1800. The van der Waals surface area contributed by atoms with Crippen molar-refractivity contribution in [3.63, 3.8) is 0 Å². The summed E-state index contributed by atoms with van der Waals surface area (Å²) in [5, 5.41) is 0. The number of fused-ring (bicyclic) bond motifs is 3. The van der Waals surface area contributed by atoms with Crippen LogP contribution in [-0.4, -0.2) is 75.0 Å². The highest BCUT2D eigenvalue weighted by molar-refractivity contribution is 9.10. The standard InChI is InChI=1S/C32H28BrNO10S3/c1-31(2)25-20(18-13-12-17(40-3)14-19(18)34(31)26(35)15-8-10-16(33)11-9-15)32(21(27(36)41-4)22(45-25)28(37)42-5)46-23(29(38)43-6)24(47-32)30(39)44-7/h8-14H,1-7H3. The Kier molecular flexibility index (Phi) is 9.66. The van der Waals surface area contributed by atoms with E-state index in [1.165, 1.54) is 14.2 Å². The fourth-order valence-electron chi connectivity index (χ4n) is 5.51. The summed E-state index contributed by atoms with van der Waals surface area (Å²) in [5.74, 6) is -3.33. The van der Waals surface area contributed by atoms with Crippen LogP contribution >= 0.6 is 51.2 Å². The molecular formula is C32H28BrNO10S3. The highest BCUT2D eigenvalue weighted by Crippen LogP contribution is 2.71. The minimum Gasteiger partial charge on any atom is -0.497 e. The van der Waals surface area contributed by atoms with Crippen LogP contribution in [-0.2, 0) is 38.1 Å². The van der Waals surface area contributed by atoms with E-state index in [0.717, 1.165) is 61.1 Å². The Morgan fingerprint density at radius 1 is 0.723 bits per heavy atom. The molecule has 47 heavy (non-hydrogen) atoms. The SMILES string of the molecule is COC(=O)C1=C(C(=O)OC)SC2(S1)C(C(=O)OC)=C(C(=O)OC)SC1=C2c2ccc(OC)cc2N(C(=O)c2ccc(Br)cc2)C1(C)C. The molecule has 11 nitrogen and oxygen atoms in total. The van der Waals surface area contributed by atoms with Crippen LogP contribution in [0, 0.1) is 0 Å². The molecule has 15 heteroatoms. The molecule has 0 unspecified atom stereocenters. The lowest BCUT2D eigenvalue weighted by Gasteiger charge is -2.50. The van der Waals surface area contributed by atoms with Crippen molar-refractivity contribution in [1.29, 1.82) is 0 Å². The molecule has 0 aliphatic carbocycles. The number of thioether (sulfide) groups is 3. The number of methoxy groups -OCH3 is 5. The molecule has 2 aromatic rings. The average Bonchev–Trinajstić information content (AvgIpc) is 3.46. The number of carbonyl (C=O) groups is 5. The number of halogens is 1. The largest absolute Gasteiger partial charge is 0.497 e. The summed E-state index contributed by atoms with van der Waals surface area (Å²) in [6.45, 7) is 3.61. The van der Waals surface area contributed by atoms with Gasteiger partial charge in [-0.25, -0.2) is 19.2 Å². The fraction of sp³-hybridized carbons (Fsp3) is 0.281. The Hall–Kier alpha value is -3.66. The number of amides is 1. The first-order valence-corrected chi connectivity index (χ1v) is 17.0. The van der Waals surface area contributed by atoms with Crippen molar-refractivity contribution in [2.45, 2.75) is 23.5 Å². The van der Waals surface area contributed by atoms with Crippen LogP contribution in [0.3, 0.4) is 0 Å². The Balaban J connectivity index is 1.89. The molecule has 0 aromatic heterocycles. The molecule has 246 valence electrons. The van der Waals surface area contributed by atoms with Gasteiger partial charge >= 0.3 is 23.9 Å². The van der Waals surface area contributed by atoms with Crippen molar-refractivity contribution >= 4 is 92.3 Å². The van der Waals surface area contributed by atoms with Crippen molar-refractivity contribution in [2.75, 3.05) is 40.4 Å². The van der Waals surface area contributed by atoms with Gasteiger partial charge in [-0.05, 0) is 50.2 Å². The first kappa shape index (κ1) is 34.7. The van der Waals surface area contributed by atoms with E-state index in [0.29, 0.717) is 33.0 Å². The number of rotatable bonds is 6. The molecule has 1 spiro atoms. The number of esters is 4. The molecule has 0 atom stereocenters. The second-order valence-corrected chi connectivity index (χ2v) is 15.2. The van der Waals surface area contributed by atoms with E-state index in [2.05, 4.69) is 15.9 Å². The van der Waals surface area contributed by atoms with Gasteiger partial charge in [-0.2, -0.15) is 0 Å². The predicted molar refractivity (Wildman–Crippen MR) is 183 cm³/mol. The lowest BCUT2D eigenvalue weighted by atomic mass is 9.83. The van der Waals surface area contributed by atoms with E-state index in [9.17, 15) is 24.0 Å². The van der Waals surface area contributed by atoms with Gasteiger partial charge in [0.15, 0.2) is 0 Å². The average molecular weight is 763 g/mol. The van der Waals surface area contributed by atoms with Crippen molar-refractivity contribution in [1.82, 2.24) is 0 Å². The quantitative estimate of drug-likeness (QED) is 0.264. The topological polar surface area (TPSA) is 135 Å². The first-order valence-electron chi connectivity index (χ1n) is 13.7. The van der Waals surface area contributed by atoms with Gasteiger partial charge in [0.05, 0.1) is 52.3 Å². The van der Waals surface area contributed by atoms with Crippen LogP contribution < -0.4 is 9.64 Å². The Morgan fingerprint density at radius 2 is 1.26 bits per heavy atom. The maximum Gasteiger partial charge on any atom is 0.345 e. The summed E-state index contributed by atoms with van der Waals surface area (Å²) in [6.07, 6.45) is 0. The van der Waals surface area contributed by atoms with Crippen molar-refractivity contribution in [3.05, 3.63) is 83.3 Å². The van der Waals surface area contributed by atoms with Crippen molar-refractivity contribution < 1.29 is 47.7 Å². The van der Waals surface area contributed by atoms with Gasteiger partial charge in [0, 0.05) is 32.1 Å². The fourth-order valence-corrected chi connectivity index (χ4v) is 10.8. The van der Waals surface area contributed by atoms with E-state index in [1.54, 1.807) is 61.2 Å². The zero-order chi connectivity index (χ0) is 34.4. The number of hydrogen-bond donors (Lipinski definition) is 0. The minimum atomic E-state index is -1.68. The molecule has 3 heterocycles. The van der Waals surface area contributed by atoms with Gasteiger partial charge in [0.1, 0.15) is 24.5 Å². The molecule has 0 bridgehead atoms. The molecule has 3 aliphatic rings. The number of ether oxygens (including phenoxy) is 5. The van der Waals surface area contributed by atoms with Crippen molar-refractivity contribution in [3.8, 4) is 5.75 Å². The zero-order valence-corrected chi connectivity index (χ0v) is 30.2. The van der Waals surface area contributed by atoms with Gasteiger partial charge in [-0.1, -0.05) is 51.2 Å². The molecule has 5 rings (SSSR count). The lowest BCUT2D eigenvalue weighted by Crippen LogP contribution is -2.53. The third-order valence-corrected chi connectivity index (χ3v) is 12.8. The van der Waals surface area contributed by atoms with Crippen LogP contribution in [0.1, 0.15) is 29.8 Å². The van der Waals surface area contributed by atoms with E-state index in [-0.39, 0.29) is 26.2 Å². The molecule has 2 aromatic carbocycles. The smallest absolute Gasteiger partial charge is 0.345 e. The van der Waals surface area contributed by atoms with Crippen LogP contribution in [0.4, 0.5) is 5.69 Å². The molecule has 1 amide bonds. The van der Waals surface area contributed by atoms with Crippen molar-refractivity contribution in [2.24, 2.45) is 0 Å². The second kappa shape index (κ2) is 13.1. The molecule has 3 aliphatic heterocycles. The summed E-state index contributed by atoms with van der Waals surface area (Å²) in [5.41, 5.74) is 0.418. The normalized spacial score (nSPS) is 17.6. The van der Waals surface area contributed by atoms with Crippen LogP contribution in [0.25, 0.3) is 5.57 Å². The maximum atomic E-state index is 14.4. The summed E-state index contributed by atoms with van der Waals surface area (Å²) < 4.78 is 25.1. The molecule has 0 N–H and O–H groups in total. The van der Waals surface area contributed by atoms with E-state index in [1.807, 2.05) is 0 Å². The Labute approximate surface area is 291 Å². The molecule has 0 saturated heterocycles. The van der Waals surface area contributed by atoms with Gasteiger partial charge in [0.2, 0.25) is 0 Å². The molecule has 0 fully saturated rings. The van der Waals surface area contributed by atoms with Gasteiger partial charge in [0.25, 0.3) is 5.91 Å².